The third-order valence-electron chi connectivity index (χ3n) is 0.939. The lowest BCUT2D eigenvalue weighted by Crippen LogP contribution is -1.90. The maximum Gasteiger partial charge on any atom is 0.141 e. The Kier molecular flexibility index (Phi) is 1.85. The fourth-order valence-corrected chi connectivity index (χ4v) is 0.721. The summed E-state index contributed by atoms with van der Waals surface area (Å²) in [5.74, 6) is 0. The van der Waals surface area contributed by atoms with Crippen molar-refractivity contribution in [3.05, 3.63) is 29.6 Å². The smallest absolute Gasteiger partial charge is 0.141 e. The Hall–Kier alpha value is -0.830. The van der Waals surface area contributed by atoms with Gasteiger partial charge in [-0.15, -0.1) is 6.58 Å². The normalized spacial score (nSPS) is 9.33. The standard InChI is InChI=1S/C6H7NOS/c1-2-4-7-6(9)3-5-8-7/h2-3,5H,1,4H2. The Morgan fingerprint density at radius 1 is 1.89 bits per heavy atom. The molecule has 48 valence electrons. The molecular formula is C6H7NOS. The monoisotopic (exact) mass is 141 g/mol. The lowest BCUT2D eigenvalue weighted by atomic mass is 10.6. The summed E-state index contributed by atoms with van der Waals surface area (Å²) in [6.07, 6.45) is 3.30. The van der Waals surface area contributed by atoms with Crippen LogP contribution in [0.1, 0.15) is 0 Å². The molecule has 0 atom stereocenters. The summed E-state index contributed by atoms with van der Waals surface area (Å²) in [6, 6.07) is 1.73. The minimum Gasteiger partial charge on any atom is -0.386 e. The summed E-state index contributed by atoms with van der Waals surface area (Å²) < 4.78 is 7.24. The minimum absolute atomic E-state index is 0.645. The highest BCUT2D eigenvalue weighted by atomic mass is 32.1. The van der Waals surface area contributed by atoms with Gasteiger partial charge in [0.2, 0.25) is 0 Å². The van der Waals surface area contributed by atoms with E-state index in [9.17, 15) is 0 Å². The van der Waals surface area contributed by atoms with E-state index in [0.29, 0.717) is 11.2 Å². The molecular weight excluding hydrogens is 134 g/mol. The van der Waals surface area contributed by atoms with Crippen molar-refractivity contribution in [2.75, 3.05) is 0 Å². The van der Waals surface area contributed by atoms with Crippen LogP contribution in [0, 0.1) is 4.64 Å². The zero-order valence-electron chi connectivity index (χ0n) is 4.91. The molecule has 0 spiro atoms. The quantitative estimate of drug-likeness (QED) is 0.463. The number of aromatic nitrogens is 1. The topological polar surface area (TPSA) is 18.1 Å². The highest BCUT2D eigenvalue weighted by Gasteiger charge is 1.87. The van der Waals surface area contributed by atoms with Crippen molar-refractivity contribution in [1.82, 2.24) is 4.74 Å². The van der Waals surface area contributed by atoms with E-state index in [1.807, 2.05) is 0 Å². The molecule has 0 saturated heterocycles. The van der Waals surface area contributed by atoms with E-state index in [2.05, 4.69) is 6.58 Å². The average molecular weight is 141 g/mol. The fourth-order valence-electron chi connectivity index (χ4n) is 0.547. The predicted molar refractivity (Wildman–Crippen MR) is 37.7 cm³/mol. The fraction of sp³-hybridized carbons (Fsp3) is 0.167. The van der Waals surface area contributed by atoms with Crippen LogP contribution in [-0.4, -0.2) is 4.74 Å². The second-order valence-corrected chi connectivity index (χ2v) is 2.01. The molecule has 1 aromatic heterocycles. The summed E-state index contributed by atoms with van der Waals surface area (Å²) in [6.45, 7) is 4.19. The van der Waals surface area contributed by atoms with Crippen LogP contribution >= 0.6 is 12.2 Å². The molecule has 0 fully saturated rings. The minimum atomic E-state index is 0.645. The maximum absolute atomic E-state index is 4.95. The van der Waals surface area contributed by atoms with Gasteiger partial charge in [0.25, 0.3) is 0 Å². The summed E-state index contributed by atoms with van der Waals surface area (Å²) in [5.41, 5.74) is 0. The SMILES string of the molecule is C=CCn1occc1=S. The van der Waals surface area contributed by atoms with Crippen molar-refractivity contribution in [2.45, 2.75) is 6.54 Å². The molecule has 0 aliphatic carbocycles. The summed E-state index contributed by atoms with van der Waals surface area (Å²) in [7, 11) is 0. The van der Waals surface area contributed by atoms with Gasteiger partial charge >= 0.3 is 0 Å². The van der Waals surface area contributed by atoms with Gasteiger partial charge in [-0.1, -0.05) is 18.3 Å². The molecule has 2 nitrogen and oxygen atoms in total. The number of rotatable bonds is 2. The Morgan fingerprint density at radius 3 is 3.11 bits per heavy atom. The molecule has 0 aromatic carbocycles. The first-order chi connectivity index (χ1) is 4.34. The van der Waals surface area contributed by atoms with Gasteiger partial charge in [-0.05, 0) is 0 Å². The molecule has 0 amide bonds. The van der Waals surface area contributed by atoms with E-state index >= 15 is 0 Å². The van der Waals surface area contributed by atoms with Crippen molar-refractivity contribution in [2.24, 2.45) is 0 Å². The Bertz CT molecular complexity index is 248. The van der Waals surface area contributed by atoms with Gasteiger partial charge in [0.15, 0.2) is 0 Å². The van der Waals surface area contributed by atoms with Crippen LogP contribution in [0.5, 0.6) is 0 Å². The van der Waals surface area contributed by atoms with Gasteiger partial charge in [0.1, 0.15) is 10.9 Å². The molecule has 0 unspecified atom stereocenters. The number of allylic oxidation sites excluding steroid dienone is 1. The van der Waals surface area contributed by atoms with Gasteiger partial charge in [0.05, 0.1) is 6.54 Å². The second kappa shape index (κ2) is 2.64. The van der Waals surface area contributed by atoms with Crippen molar-refractivity contribution >= 4 is 12.2 Å². The maximum atomic E-state index is 4.95. The molecule has 0 N–H and O–H groups in total. The van der Waals surface area contributed by atoms with E-state index in [-0.39, 0.29) is 0 Å². The third kappa shape index (κ3) is 1.29. The van der Waals surface area contributed by atoms with E-state index in [1.165, 1.54) is 0 Å². The van der Waals surface area contributed by atoms with Crippen molar-refractivity contribution in [3.63, 3.8) is 0 Å². The highest BCUT2D eigenvalue weighted by molar-refractivity contribution is 7.71. The molecule has 0 saturated carbocycles. The van der Waals surface area contributed by atoms with Crippen LogP contribution in [-0.2, 0) is 6.54 Å². The lowest BCUT2D eigenvalue weighted by molar-refractivity contribution is 0.285. The molecule has 1 heterocycles. The van der Waals surface area contributed by atoms with Crippen LogP contribution in [0.15, 0.2) is 29.5 Å². The molecule has 0 radical (unpaired) electrons. The van der Waals surface area contributed by atoms with E-state index in [1.54, 1.807) is 23.1 Å². The van der Waals surface area contributed by atoms with E-state index in [4.69, 9.17) is 16.7 Å². The van der Waals surface area contributed by atoms with Gasteiger partial charge in [-0.25, -0.2) is 0 Å². The Balaban J connectivity index is 2.93. The van der Waals surface area contributed by atoms with Crippen molar-refractivity contribution in [3.8, 4) is 0 Å². The number of nitrogens with zero attached hydrogens (tertiary/aromatic N) is 1. The summed E-state index contributed by atoms with van der Waals surface area (Å²) in [4.78, 5) is 0. The van der Waals surface area contributed by atoms with Gasteiger partial charge in [0, 0.05) is 6.07 Å². The first-order valence-corrected chi connectivity index (χ1v) is 3.01. The van der Waals surface area contributed by atoms with Gasteiger partial charge < -0.3 is 4.52 Å². The zero-order chi connectivity index (χ0) is 6.69. The molecule has 1 rings (SSSR count). The second-order valence-electron chi connectivity index (χ2n) is 1.60. The zero-order valence-corrected chi connectivity index (χ0v) is 5.73. The molecule has 1 aromatic rings. The summed E-state index contributed by atoms with van der Waals surface area (Å²) >= 11 is 4.87. The molecule has 3 heteroatoms. The van der Waals surface area contributed by atoms with E-state index in [0.717, 1.165) is 0 Å². The van der Waals surface area contributed by atoms with Crippen LogP contribution in [0.25, 0.3) is 0 Å². The van der Waals surface area contributed by atoms with Crippen LogP contribution in [0.2, 0.25) is 0 Å². The van der Waals surface area contributed by atoms with Crippen LogP contribution in [0.3, 0.4) is 0 Å². The number of hydrogen-bond donors (Lipinski definition) is 0. The largest absolute Gasteiger partial charge is 0.386 e. The van der Waals surface area contributed by atoms with Gasteiger partial charge in [-0.2, -0.15) is 4.74 Å². The predicted octanol–water partition coefficient (Wildman–Crippen LogP) is 2.00. The molecule has 9 heavy (non-hydrogen) atoms. The lowest BCUT2D eigenvalue weighted by Gasteiger charge is -1.90. The Labute approximate surface area is 58.4 Å². The first-order valence-electron chi connectivity index (χ1n) is 2.60. The van der Waals surface area contributed by atoms with Crippen LogP contribution < -0.4 is 0 Å². The average Bonchev–Trinajstić information content (AvgIpc) is 2.18. The molecule has 0 aliphatic heterocycles. The first kappa shape index (κ1) is 6.29. The van der Waals surface area contributed by atoms with Crippen molar-refractivity contribution < 1.29 is 4.52 Å². The van der Waals surface area contributed by atoms with Crippen LogP contribution in [0.4, 0.5) is 0 Å². The molecule has 0 aliphatic rings. The molecule has 0 bridgehead atoms. The highest BCUT2D eigenvalue weighted by Crippen LogP contribution is 1.93. The third-order valence-corrected chi connectivity index (χ3v) is 1.28. The summed E-state index contributed by atoms with van der Waals surface area (Å²) in [5, 5.41) is 0. The number of hydrogen-bond acceptors (Lipinski definition) is 2. The van der Waals surface area contributed by atoms with E-state index < -0.39 is 0 Å². The van der Waals surface area contributed by atoms with Crippen molar-refractivity contribution in [1.29, 1.82) is 0 Å². The van der Waals surface area contributed by atoms with Gasteiger partial charge in [-0.3, -0.25) is 0 Å². The Morgan fingerprint density at radius 2 is 2.67 bits per heavy atom.